The van der Waals surface area contributed by atoms with Gasteiger partial charge in [0, 0.05) is 22.3 Å². The molecule has 416 valence electrons. The van der Waals surface area contributed by atoms with Gasteiger partial charge in [-0.15, -0.1) is 141 Å². The van der Waals surface area contributed by atoms with Gasteiger partial charge in [0.25, 0.3) is 0 Å². The van der Waals surface area contributed by atoms with Crippen LogP contribution in [-0.2, 0) is 0 Å². The summed E-state index contributed by atoms with van der Waals surface area (Å²) in [7, 11) is 0. The Morgan fingerprint density at radius 2 is 0.333 bits per heavy atom. The zero-order valence-corrected chi connectivity index (χ0v) is 68.5. The van der Waals surface area contributed by atoms with Gasteiger partial charge in [0.2, 0.25) is 0 Å². The molecule has 0 spiro atoms. The van der Waals surface area contributed by atoms with Crippen LogP contribution in [0.3, 0.4) is 0 Å². The third-order valence-electron chi connectivity index (χ3n) is 10.0. The monoisotopic (exact) mass is 1620 g/mol. The molecule has 0 aromatic rings. The highest BCUT2D eigenvalue weighted by atomic mass is 32.3. The van der Waals surface area contributed by atoms with Gasteiger partial charge < -0.3 is 0 Å². The second kappa shape index (κ2) is 32.6. The third kappa shape index (κ3) is 15.9. The van der Waals surface area contributed by atoms with Crippen molar-refractivity contribution in [3.8, 4) is 0 Å². The summed E-state index contributed by atoms with van der Waals surface area (Å²) in [6.07, 6.45) is 36.8. The maximum atomic E-state index is 2.55. The van der Waals surface area contributed by atoms with Gasteiger partial charge in [-0.3, -0.25) is 0 Å². The van der Waals surface area contributed by atoms with Crippen LogP contribution in [0, 0.1) is 0 Å². The zero-order valence-electron chi connectivity index (χ0n) is 42.4. The van der Waals surface area contributed by atoms with E-state index in [0.717, 1.165) is 0 Å². The minimum atomic E-state index is 1.35. The molecule has 0 fully saturated rings. The van der Waals surface area contributed by atoms with Crippen LogP contribution in [0.25, 0.3) is 0 Å². The fraction of sp³-hybridized carbons (Fsp3) is 0.261. The number of hydrogen-bond donors (Lipinski definition) is 0. The van der Waals surface area contributed by atoms with Gasteiger partial charge in [-0.05, 0) is 99.4 Å². The standard InChI is InChI=1S/C46H40S32/c1-47-29-30(48-2)60-21(59-29)13-17(25-67-33(51-5)34(52-6)68-25)19(27-71-37(55-9)38(56-10)72-27)15-23-63-41-42(64-23)76-45(75-41)46-77-43-44(78-46)66-24(65-43)16-20(28-73-39(57-11)40(58-12)74-28)18(26-69-35(53-7)36(54-8)70-26)14-22-61-31(49-3)32(50-4)62-22/h13-16H,1-12H3. The SMILES string of the molecule is CSC1=C(SC)SC(=CC(=C2SC(SC)=C(SC)S2)C(C=C2SC3=C(S2)SC(=C2SC4=C(SC(=CC(=C5SC(SC)=C(SC)S5)C(C=C5SC(SC)=C(SC)S5)=C5SC(SC)=C(SC)S5)S4)S2)S3)=C2SC(SC)=C(SC)S2)S1. The third-order valence-corrected chi connectivity index (χ3v) is 52.7. The van der Waals surface area contributed by atoms with Crippen LogP contribution in [0.1, 0.15) is 0 Å². The van der Waals surface area contributed by atoms with E-state index in [0.29, 0.717) is 0 Å². The van der Waals surface area contributed by atoms with Gasteiger partial charge in [-0.2, -0.15) is 0 Å². The smallest absolute Gasteiger partial charge is 0.0718 e. The van der Waals surface area contributed by atoms with Crippen molar-refractivity contribution in [1.82, 2.24) is 0 Å². The maximum Gasteiger partial charge on any atom is 0.0718 e. The zero-order chi connectivity index (χ0) is 54.8. The van der Waals surface area contributed by atoms with Crippen molar-refractivity contribution in [3.63, 3.8) is 0 Å². The molecule has 78 heavy (non-hydrogen) atoms. The molecule has 0 N–H and O–H groups in total. The Hall–Kier alpha value is 6.78. The first-order valence-corrected chi connectivity index (χ1v) is 52.6. The van der Waals surface area contributed by atoms with E-state index in [1.807, 2.05) is 376 Å². The van der Waals surface area contributed by atoms with Gasteiger partial charge in [0.05, 0.1) is 110 Å². The summed E-state index contributed by atoms with van der Waals surface area (Å²) in [6, 6.07) is 0. The summed E-state index contributed by atoms with van der Waals surface area (Å²) in [5.41, 5.74) is 5.41. The van der Waals surface area contributed by atoms with Crippen molar-refractivity contribution < 1.29 is 0 Å². The van der Waals surface area contributed by atoms with Crippen molar-refractivity contribution in [1.29, 1.82) is 0 Å². The van der Waals surface area contributed by atoms with Gasteiger partial charge in [-0.25, -0.2) is 0 Å². The van der Waals surface area contributed by atoms with E-state index in [-0.39, 0.29) is 0 Å². The largest absolute Gasteiger partial charge is 0.121 e. The molecule has 10 heterocycles. The quantitative estimate of drug-likeness (QED) is 0.128. The summed E-state index contributed by atoms with van der Waals surface area (Å²) in [5, 5.41) is 0. The first-order valence-electron chi connectivity index (χ1n) is 21.6. The predicted octanol–water partition coefficient (Wildman–Crippen LogP) is 28.5. The minimum absolute atomic E-state index is 1.35. The van der Waals surface area contributed by atoms with Crippen LogP contribution in [0.5, 0.6) is 0 Å². The van der Waals surface area contributed by atoms with Gasteiger partial charge in [0.15, 0.2) is 0 Å². The minimum Gasteiger partial charge on any atom is -0.121 e. The van der Waals surface area contributed by atoms with E-state index in [4.69, 9.17) is 0 Å². The average Bonchev–Trinajstić information content (AvgIpc) is 4.37. The molecule has 0 aromatic heterocycles. The number of allylic oxidation sites excluding steroid dienone is 8. The first kappa shape index (κ1) is 67.7. The molecular weight excluding hydrogens is 1580 g/mol. The molecule has 0 saturated carbocycles. The molecule has 0 aromatic carbocycles. The molecule has 32 heteroatoms. The van der Waals surface area contributed by atoms with Gasteiger partial charge in [0.1, 0.15) is 0 Å². The second-order valence-electron chi connectivity index (χ2n) is 14.3. The maximum absolute atomic E-state index is 2.55. The molecule has 0 radical (unpaired) electrons. The summed E-state index contributed by atoms with van der Waals surface area (Å²) in [4.78, 5) is 0. The highest BCUT2D eigenvalue weighted by Gasteiger charge is 2.39. The molecular formula is C46H40S32. The second-order valence-corrected chi connectivity index (χ2v) is 51.5. The van der Waals surface area contributed by atoms with Crippen molar-refractivity contribution in [2.45, 2.75) is 0 Å². The Labute approximate surface area is 597 Å². The molecule has 0 atom stereocenters. The van der Waals surface area contributed by atoms with Crippen LogP contribution in [0.15, 0.2) is 157 Å². The highest BCUT2D eigenvalue weighted by molar-refractivity contribution is 8.52. The van der Waals surface area contributed by atoms with Crippen LogP contribution in [-0.4, -0.2) is 75.1 Å². The summed E-state index contributed by atoms with van der Waals surface area (Å²) in [5.74, 6) is 0. The molecule has 10 aliphatic heterocycles. The van der Waals surface area contributed by atoms with Crippen molar-refractivity contribution in [3.05, 3.63) is 157 Å². The first-order chi connectivity index (χ1) is 38.0. The molecule has 0 bridgehead atoms. The van der Waals surface area contributed by atoms with E-state index in [1.54, 1.807) is 0 Å². The lowest BCUT2D eigenvalue weighted by molar-refractivity contribution is 1.58. The Bertz CT molecular complexity index is 2780. The van der Waals surface area contributed by atoms with Gasteiger partial charge in [-0.1, -0.05) is 235 Å². The van der Waals surface area contributed by atoms with E-state index in [2.05, 4.69) is 99.4 Å². The molecule has 0 aliphatic carbocycles. The fourth-order valence-corrected chi connectivity index (χ4v) is 49.4. The predicted molar refractivity (Wildman–Crippen MR) is 438 cm³/mol. The molecule has 10 aliphatic rings. The molecule has 0 amide bonds. The molecule has 0 unspecified atom stereocenters. The van der Waals surface area contributed by atoms with E-state index in [9.17, 15) is 0 Å². The van der Waals surface area contributed by atoms with Crippen LogP contribution >= 0.6 is 376 Å². The van der Waals surface area contributed by atoms with Gasteiger partial charge >= 0.3 is 0 Å². The Kier molecular flexibility index (Phi) is 28.2. The van der Waals surface area contributed by atoms with E-state index in [1.165, 1.54) is 132 Å². The lowest BCUT2D eigenvalue weighted by atomic mass is 10.1. The molecule has 10 rings (SSSR count). The molecule has 0 nitrogen and oxygen atoms in total. The van der Waals surface area contributed by atoms with Crippen molar-refractivity contribution >= 4 is 376 Å². The average molecular weight is 1620 g/mol. The lowest BCUT2D eigenvalue weighted by Crippen LogP contribution is -1.91. The van der Waals surface area contributed by atoms with E-state index < -0.39 is 0 Å². The van der Waals surface area contributed by atoms with Crippen LogP contribution in [0.4, 0.5) is 0 Å². The van der Waals surface area contributed by atoms with Crippen LogP contribution < -0.4 is 0 Å². The summed E-state index contributed by atoms with van der Waals surface area (Å²) < 4.78 is 36.5. The topological polar surface area (TPSA) is 0 Å². The fourth-order valence-electron chi connectivity index (χ4n) is 6.67. The van der Waals surface area contributed by atoms with E-state index >= 15 is 0 Å². The summed E-state index contributed by atoms with van der Waals surface area (Å²) >= 11 is 61.9. The van der Waals surface area contributed by atoms with Crippen molar-refractivity contribution in [2.75, 3.05) is 75.1 Å². The Morgan fingerprint density at radius 3 is 0.500 bits per heavy atom. The number of hydrogen-bond acceptors (Lipinski definition) is 32. The Morgan fingerprint density at radius 1 is 0.192 bits per heavy atom. The normalized spacial score (nSPS) is 21.8. The van der Waals surface area contributed by atoms with Crippen LogP contribution in [0.2, 0.25) is 0 Å². The number of thioether (sulfide) groups is 32. The highest BCUT2D eigenvalue weighted by Crippen LogP contribution is 2.75. The van der Waals surface area contributed by atoms with Crippen molar-refractivity contribution in [2.24, 2.45) is 0 Å². The number of rotatable bonds is 18. The Balaban J connectivity index is 0.907. The lowest BCUT2D eigenvalue weighted by Gasteiger charge is -2.15. The summed E-state index contributed by atoms with van der Waals surface area (Å²) in [6.45, 7) is 0. The molecule has 0 saturated heterocycles.